The van der Waals surface area contributed by atoms with E-state index in [9.17, 15) is 9.90 Å². The molecule has 2 aliphatic carbocycles. The molecule has 0 atom stereocenters. The van der Waals surface area contributed by atoms with Gasteiger partial charge in [-0.15, -0.1) is 0 Å². The number of hydrogen-bond donors (Lipinski definition) is 1. The summed E-state index contributed by atoms with van der Waals surface area (Å²) in [5.41, 5.74) is 6.22. The van der Waals surface area contributed by atoms with E-state index in [1.807, 2.05) is 30.7 Å². The van der Waals surface area contributed by atoms with Crippen LogP contribution in [-0.2, 0) is 5.41 Å². The Labute approximate surface area is 193 Å². The zero-order valence-electron chi connectivity index (χ0n) is 18.7. The first-order valence-corrected chi connectivity index (χ1v) is 11.6. The summed E-state index contributed by atoms with van der Waals surface area (Å²) in [5, 5.41) is 9.18. The van der Waals surface area contributed by atoms with Crippen LogP contribution in [0.4, 0.5) is 11.6 Å². The molecule has 2 fully saturated rings. The molecule has 0 unspecified atom stereocenters. The SMILES string of the molecule is CN(CCO)C(=O)c1ccc2c(c1)N(c1ncc(-c3cc(C4CC4)ccn3)cn1)CC21CC1. The highest BCUT2D eigenvalue weighted by Crippen LogP contribution is 2.57. The average molecular weight is 442 g/mol. The number of carbonyl (C=O) groups is 1. The van der Waals surface area contributed by atoms with Gasteiger partial charge in [-0.05, 0) is 67.0 Å². The van der Waals surface area contributed by atoms with Gasteiger partial charge in [-0.25, -0.2) is 9.97 Å². The molecule has 6 rings (SSSR count). The lowest BCUT2D eigenvalue weighted by molar-refractivity contribution is 0.0767. The van der Waals surface area contributed by atoms with E-state index in [1.54, 1.807) is 11.9 Å². The Kier molecular flexibility index (Phi) is 4.69. The van der Waals surface area contributed by atoms with Crippen molar-refractivity contribution in [2.75, 3.05) is 31.6 Å². The summed E-state index contributed by atoms with van der Waals surface area (Å²) in [7, 11) is 1.71. The van der Waals surface area contributed by atoms with Gasteiger partial charge in [0.15, 0.2) is 0 Å². The Morgan fingerprint density at radius 3 is 2.64 bits per heavy atom. The number of pyridine rings is 1. The summed E-state index contributed by atoms with van der Waals surface area (Å²) in [5.74, 6) is 1.23. The monoisotopic (exact) mass is 441 g/mol. The molecule has 7 nitrogen and oxygen atoms in total. The van der Waals surface area contributed by atoms with Gasteiger partial charge in [-0.3, -0.25) is 9.78 Å². The molecule has 1 aliphatic heterocycles. The first-order chi connectivity index (χ1) is 16.1. The molecule has 2 aromatic heterocycles. The van der Waals surface area contributed by atoms with E-state index in [-0.39, 0.29) is 17.9 Å². The Hall–Kier alpha value is -3.32. The standard InChI is InChI=1S/C26H27N5O2/c1-30(10-11-32)24(33)19-4-5-21-23(13-19)31(16-26(21)7-8-26)25-28-14-20(15-29-25)22-12-18(6-9-27-22)17-2-3-17/h4-6,9,12-15,17,32H,2-3,7-8,10-11,16H2,1H3. The molecule has 3 heterocycles. The second-order valence-electron chi connectivity index (χ2n) is 9.57. The van der Waals surface area contributed by atoms with Crippen LogP contribution in [0.5, 0.6) is 0 Å². The van der Waals surface area contributed by atoms with Crippen molar-refractivity contribution in [3.8, 4) is 11.3 Å². The lowest BCUT2D eigenvalue weighted by Crippen LogP contribution is -2.29. The van der Waals surface area contributed by atoms with E-state index in [0.717, 1.165) is 36.3 Å². The molecule has 2 saturated carbocycles. The number of rotatable bonds is 6. The van der Waals surface area contributed by atoms with Gasteiger partial charge in [0.2, 0.25) is 5.95 Å². The van der Waals surface area contributed by atoms with Crippen molar-refractivity contribution in [1.82, 2.24) is 19.9 Å². The molecule has 1 amide bonds. The van der Waals surface area contributed by atoms with Gasteiger partial charge in [-0.1, -0.05) is 6.07 Å². The lowest BCUT2D eigenvalue weighted by Gasteiger charge is -2.19. The predicted molar refractivity (Wildman–Crippen MR) is 126 cm³/mol. The van der Waals surface area contributed by atoms with Crippen LogP contribution in [-0.4, -0.2) is 57.6 Å². The van der Waals surface area contributed by atoms with Crippen molar-refractivity contribution in [3.63, 3.8) is 0 Å². The maximum atomic E-state index is 12.8. The number of nitrogens with zero attached hydrogens (tertiary/aromatic N) is 5. The van der Waals surface area contributed by atoms with Crippen LogP contribution in [0.3, 0.4) is 0 Å². The van der Waals surface area contributed by atoms with E-state index < -0.39 is 0 Å². The summed E-state index contributed by atoms with van der Waals surface area (Å²) < 4.78 is 0. The molecular weight excluding hydrogens is 414 g/mol. The van der Waals surface area contributed by atoms with Crippen molar-refractivity contribution < 1.29 is 9.90 Å². The van der Waals surface area contributed by atoms with Gasteiger partial charge in [0.1, 0.15) is 0 Å². The van der Waals surface area contributed by atoms with Crippen molar-refractivity contribution >= 4 is 17.5 Å². The molecule has 168 valence electrons. The minimum Gasteiger partial charge on any atom is -0.395 e. The highest BCUT2D eigenvalue weighted by molar-refractivity contribution is 5.96. The van der Waals surface area contributed by atoms with Crippen LogP contribution in [0, 0.1) is 0 Å². The van der Waals surface area contributed by atoms with E-state index in [1.165, 1.54) is 24.0 Å². The quantitative estimate of drug-likeness (QED) is 0.629. The maximum Gasteiger partial charge on any atom is 0.253 e. The third-order valence-corrected chi connectivity index (χ3v) is 7.21. The largest absolute Gasteiger partial charge is 0.395 e. The molecule has 1 aromatic carbocycles. The number of aliphatic hydroxyl groups is 1. The second-order valence-corrected chi connectivity index (χ2v) is 9.57. The van der Waals surface area contributed by atoms with Gasteiger partial charge >= 0.3 is 0 Å². The van der Waals surface area contributed by atoms with Crippen molar-refractivity contribution in [1.29, 1.82) is 0 Å². The normalized spacial score (nSPS) is 17.8. The van der Waals surface area contributed by atoms with Gasteiger partial charge in [0.25, 0.3) is 5.91 Å². The molecule has 33 heavy (non-hydrogen) atoms. The number of hydrogen-bond acceptors (Lipinski definition) is 6. The summed E-state index contributed by atoms with van der Waals surface area (Å²) in [6.07, 6.45) is 10.4. The predicted octanol–water partition coefficient (Wildman–Crippen LogP) is 3.66. The number of amides is 1. The van der Waals surface area contributed by atoms with Crippen molar-refractivity contribution in [3.05, 3.63) is 65.6 Å². The summed E-state index contributed by atoms with van der Waals surface area (Å²) >= 11 is 0. The van der Waals surface area contributed by atoms with Gasteiger partial charge in [0, 0.05) is 61.0 Å². The van der Waals surface area contributed by atoms with Crippen LogP contribution in [0.1, 0.15) is 53.1 Å². The fraction of sp³-hybridized carbons (Fsp3) is 0.385. The molecule has 0 saturated heterocycles. The average Bonchev–Trinajstić information content (AvgIpc) is 3.77. The van der Waals surface area contributed by atoms with Crippen LogP contribution < -0.4 is 4.90 Å². The number of carbonyl (C=O) groups excluding carboxylic acids is 1. The smallest absolute Gasteiger partial charge is 0.253 e. The molecule has 3 aliphatic rings. The minimum absolute atomic E-state index is 0.0545. The van der Waals surface area contributed by atoms with E-state index in [4.69, 9.17) is 9.97 Å². The molecule has 0 bridgehead atoms. The number of anilines is 2. The molecule has 1 N–H and O–H groups in total. The van der Waals surface area contributed by atoms with Crippen LogP contribution >= 0.6 is 0 Å². The number of aromatic nitrogens is 3. The molecule has 0 radical (unpaired) electrons. The number of benzene rings is 1. The van der Waals surface area contributed by atoms with E-state index in [2.05, 4.69) is 28.1 Å². The first-order valence-electron chi connectivity index (χ1n) is 11.6. The number of likely N-dealkylation sites (N-methyl/N-ethyl adjacent to an activating group) is 1. The first kappa shape index (κ1) is 20.3. The Morgan fingerprint density at radius 2 is 1.94 bits per heavy atom. The van der Waals surface area contributed by atoms with Crippen LogP contribution in [0.2, 0.25) is 0 Å². The van der Waals surface area contributed by atoms with Crippen LogP contribution in [0.15, 0.2) is 48.9 Å². The second kappa shape index (κ2) is 7.63. The zero-order valence-corrected chi connectivity index (χ0v) is 18.7. The van der Waals surface area contributed by atoms with Gasteiger partial charge < -0.3 is 14.9 Å². The molecule has 7 heteroatoms. The zero-order chi connectivity index (χ0) is 22.6. The maximum absolute atomic E-state index is 12.8. The van der Waals surface area contributed by atoms with E-state index in [0.29, 0.717) is 24.0 Å². The van der Waals surface area contributed by atoms with Crippen molar-refractivity contribution in [2.24, 2.45) is 0 Å². The third kappa shape index (κ3) is 3.56. The fourth-order valence-electron chi connectivity index (χ4n) is 4.91. The summed E-state index contributed by atoms with van der Waals surface area (Å²) in [6.45, 7) is 1.09. The third-order valence-electron chi connectivity index (χ3n) is 7.21. The lowest BCUT2D eigenvalue weighted by atomic mass is 9.97. The number of fused-ring (bicyclic) bond motifs is 2. The highest BCUT2D eigenvalue weighted by atomic mass is 16.3. The number of aliphatic hydroxyl groups excluding tert-OH is 1. The fourth-order valence-corrected chi connectivity index (χ4v) is 4.91. The Morgan fingerprint density at radius 1 is 1.15 bits per heavy atom. The topological polar surface area (TPSA) is 82.5 Å². The summed E-state index contributed by atoms with van der Waals surface area (Å²) in [6, 6.07) is 10.2. The molecule has 1 spiro atoms. The van der Waals surface area contributed by atoms with Gasteiger partial charge in [0.05, 0.1) is 12.3 Å². The van der Waals surface area contributed by atoms with E-state index >= 15 is 0 Å². The minimum atomic E-state index is -0.0959. The Balaban J connectivity index is 1.31. The molecular formula is C26H27N5O2. The Bertz CT molecular complexity index is 1220. The molecule has 3 aromatic rings. The van der Waals surface area contributed by atoms with Gasteiger partial charge in [-0.2, -0.15) is 0 Å². The highest BCUT2D eigenvalue weighted by Gasteiger charge is 2.52. The van der Waals surface area contributed by atoms with Crippen LogP contribution in [0.25, 0.3) is 11.3 Å². The van der Waals surface area contributed by atoms with Crippen molar-refractivity contribution in [2.45, 2.75) is 37.0 Å². The summed E-state index contributed by atoms with van der Waals surface area (Å²) in [4.78, 5) is 30.4.